The van der Waals surface area contributed by atoms with Gasteiger partial charge in [0.1, 0.15) is 11.8 Å². The monoisotopic (exact) mass is 247 g/mol. The molecule has 0 aliphatic rings. The summed E-state index contributed by atoms with van der Waals surface area (Å²) in [5.41, 5.74) is 1.03. The number of imidazole rings is 1. The molecule has 0 radical (unpaired) electrons. The van der Waals surface area contributed by atoms with Crippen LogP contribution in [-0.2, 0) is 13.7 Å². The first-order valence-corrected chi connectivity index (χ1v) is 5.58. The van der Waals surface area contributed by atoms with Crippen LogP contribution < -0.4 is 0 Å². The van der Waals surface area contributed by atoms with E-state index in [0.717, 1.165) is 0 Å². The summed E-state index contributed by atoms with van der Waals surface area (Å²) in [7, 11) is 1.80. The lowest BCUT2D eigenvalue weighted by molar-refractivity contribution is 0.271. The molecule has 0 spiro atoms. The van der Waals surface area contributed by atoms with Crippen LogP contribution >= 0.6 is 11.8 Å². The minimum Gasteiger partial charge on any atom is -0.390 e. The summed E-state index contributed by atoms with van der Waals surface area (Å²) in [5, 5.41) is 18.9. The van der Waals surface area contributed by atoms with Gasteiger partial charge in [-0.3, -0.25) is 0 Å². The zero-order chi connectivity index (χ0) is 12.3. The average Bonchev–Trinajstić information content (AvgIpc) is 2.71. The second kappa shape index (κ2) is 4.95. The van der Waals surface area contributed by atoms with Gasteiger partial charge in [-0.05, 0) is 17.8 Å². The van der Waals surface area contributed by atoms with Gasteiger partial charge in [-0.15, -0.1) is 0 Å². The second-order valence-electron chi connectivity index (χ2n) is 3.19. The third-order valence-electron chi connectivity index (χ3n) is 2.13. The van der Waals surface area contributed by atoms with Crippen molar-refractivity contribution in [2.45, 2.75) is 16.9 Å². The topological polar surface area (TPSA) is 87.6 Å². The van der Waals surface area contributed by atoms with E-state index in [0.29, 0.717) is 21.7 Å². The highest BCUT2D eigenvalue weighted by atomic mass is 32.2. The molecule has 0 atom stereocenters. The maximum Gasteiger partial charge on any atom is 0.196 e. The summed E-state index contributed by atoms with van der Waals surface area (Å²) in [6.07, 6.45) is 3.13. The highest BCUT2D eigenvalue weighted by Crippen LogP contribution is 2.23. The number of rotatable bonds is 3. The molecule has 2 heterocycles. The van der Waals surface area contributed by atoms with Crippen molar-refractivity contribution < 1.29 is 5.11 Å². The summed E-state index contributed by atoms with van der Waals surface area (Å²) >= 11 is 1.25. The first kappa shape index (κ1) is 11.6. The molecule has 0 aromatic carbocycles. The Morgan fingerprint density at radius 2 is 2.35 bits per heavy atom. The normalized spacial score (nSPS) is 10.2. The van der Waals surface area contributed by atoms with Gasteiger partial charge in [-0.1, -0.05) is 0 Å². The predicted molar refractivity (Wildman–Crippen MR) is 60.0 cm³/mol. The van der Waals surface area contributed by atoms with Crippen molar-refractivity contribution in [3.63, 3.8) is 0 Å². The summed E-state index contributed by atoms with van der Waals surface area (Å²) in [4.78, 5) is 12.2. The standard InChI is InChI=1S/C10H9N5OS/c1-15-8(6-16)5-13-10(15)17-9-12-3-2-7(4-11)14-9/h2-3,5,16H,6H2,1H3. The zero-order valence-corrected chi connectivity index (χ0v) is 9.85. The summed E-state index contributed by atoms with van der Waals surface area (Å²) in [6.45, 7) is -0.0663. The van der Waals surface area contributed by atoms with Crippen LogP contribution in [0.3, 0.4) is 0 Å². The summed E-state index contributed by atoms with van der Waals surface area (Å²) in [6, 6.07) is 3.50. The third kappa shape index (κ3) is 2.43. The quantitative estimate of drug-likeness (QED) is 0.804. The molecule has 0 aliphatic heterocycles. The number of hydrogen-bond donors (Lipinski definition) is 1. The fourth-order valence-electron chi connectivity index (χ4n) is 1.20. The van der Waals surface area contributed by atoms with Crippen molar-refractivity contribution in [2.24, 2.45) is 7.05 Å². The van der Waals surface area contributed by atoms with Crippen LogP contribution in [0.15, 0.2) is 28.8 Å². The molecule has 7 heteroatoms. The van der Waals surface area contributed by atoms with Crippen LogP contribution in [0.4, 0.5) is 0 Å². The van der Waals surface area contributed by atoms with Crippen LogP contribution in [0.25, 0.3) is 0 Å². The Morgan fingerprint density at radius 1 is 1.53 bits per heavy atom. The molecule has 0 saturated carbocycles. The van der Waals surface area contributed by atoms with Crippen molar-refractivity contribution in [1.29, 1.82) is 5.26 Å². The van der Waals surface area contributed by atoms with Crippen molar-refractivity contribution in [2.75, 3.05) is 0 Å². The lowest BCUT2D eigenvalue weighted by Gasteiger charge is -2.02. The molecular formula is C10H9N5OS. The fourth-order valence-corrected chi connectivity index (χ4v) is 1.98. The fraction of sp³-hybridized carbons (Fsp3) is 0.200. The van der Waals surface area contributed by atoms with Crippen LogP contribution in [0.1, 0.15) is 11.4 Å². The second-order valence-corrected chi connectivity index (χ2v) is 4.12. The SMILES string of the molecule is Cn1c(CO)cnc1Sc1nccc(C#N)n1. The van der Waals surface area contributed by atoms with E-state index < -0.39 is 0 Å². The molecule has 2 aromatic heterocycles. The van der Waals surface area contributed by atoms with Crippen LogP contribution in [-0.4, -0.2) is 24.6 Å². The highest BCUT2D eigenvalue weighted by Gasteiger charge is 2.09. The minimum absolute atomic E-state index is 0.0663. The first-order chi connectivity index (χ1) is 8.24. The summed E-state index contributed by atoms with van der Waals surface area (Å²) in [5.74, 6) is 0. The molecule has 0 amide bonds. The number of aromatic nitrogens is 4. The molecule has 2 rings (SSSR count). The summed E-state index contributed by atoms with van der Waals surface area (Å²) < 4.78 is 1.76. The lowest BCUT2D eigenvalue weighted by Crippen LogP contribution is -1.98. The number of aliphatic hydroxyl groups is 1. The van der Waals surface area contributed by atoms with Gasteiger partial charge in [0.05, 0.1) is 18.5 Å². The molecule has 0 bridgehead atoms. The maximum absolute atomic E-state index is 9.04. The van der Waals surface area contributed by atoms with Gasteiger partial charge in [0.25, 0.3) is 0 Å². The zero-order valence-electron chi connectivity index (χ0n) is 9.03. The number of aliphatic hydroxyl groups excluding tert-OH is 1. The van der Waals surface area contributed by atoms with E-state index >= 15 is 0 Å². The Morgan fingerprint density at radius 3 is 3.00 bits per heavy atom. The maximum atomic E-state index is 9.04. The Labute approximate surface area is 102 Å². The largest absolute Gasteiger partial charge is 0.390 e. The van der Waals surface area contributed by atoms with Gasteiger partial charge in [0, 0.05) is 13.2 Å². The number of nitrogens with zero attached hydrogens (tertiary/aromatic N) is 5. The van der Waals surface area contributed by atoms with Gasteiger partial charge >= 0.3 is 0 Å². The Balaban J connectivity index is 2.25. The number of nitriles is 1. The molecule has 0 saturated heterocycles. The molecule has 2 aromatic rings. The van der Waals surface area contributed by atoms with E-state index in [1.165, 1.54) is 18.0 Å². The van der Waals surface area contributed by atoms with Crippen molar-refractivity contribution in [3.8, 4) is 6.07 Å². The van der Waals surface area contributed by atoms with E-state index in [9.17, 15) is 0 Å². The van der Waals surface area contributed by atoms with Gasteiger partial charge in [-0.2, -0.15) is 5.26 Å². The van der Waals surface area contributed by atoms with Crippen LogP contribution in [0, 0.1) is 11.3 Å². The van der Waals surface area contributed by atoms with Gasteiger partial charge < -0.3 is 9.67 Å². The lowest BCUT2D eigenvalue weighted by atomic mass is 10.5. The molecule has 0 unspecified atom stereocenters. The van der Waals surface area contributed by atoms with E-state index in [-0.39, 0.29) is 6.61 Å². The predicted octanol–water partition coefficient (Wildman–Crippen LogP) is 0.725. The van der Waals surface area contributed by atoms with Crippen molar-refractivity contribution in [3.05, 3.63) is 29.8 Å². The molecule has 0 fully saturated rings. The van der Waals surface area contributed by atoms with E-state index in [2.05, 4.69) is 15.0 Å². The van der Waals surface area contributed by atoms with E-state index in [1.54, 1.807) is 23.9 Å². The third-order valence-corrected chi connectivity index (χ3v) is 3.08. The van der Waals surface area contributed by atoms with Crippen LogP contribution in [0.5, 0.6) is 0 Å². The van der Waals surface area contributed by atoms with Gasteiger partial charge in [-0.25, -0.2) is 15.0 Å². The smallest absolute Gasteiger partial charge is 0.196 e. The van der Waals surface area contributed by atoms with E-state index in [1.807, 2.05) is 6.07 Å². The van der Waals surface area contributed by atoms with Crippen LogP contribution in [0.2, 0.25) is 0 Å². The molecule has 1 N–H and O–H groups in total. The van der Waals surface area contributed by atoms with Crippen molar-refractivity contribution in [1.82, 2.24) is 19.5 Å². The number of hydrogen-bond acceptors (Lipinski definition) is 6. The molecule has 17 heavy (non-hydrogen) atoms. The Hall–Kier alpha value is -1.91. The highest BCUT2D eigenvalue weighted by molar-refractivity contribution is 7.99. The van der Waals surface area contributed by atoms with Crippen molar-refractivity contribution >= 4 is 11.8 Å². The van der Waals surface area contributed by atoms with Gasteiger partial charge in [0.2, 0.25) is 0 Å². The molecule has 0 aliphatic carbocycles. The molecule has 6 nitrogen and oxygen atoms in total. The minimum atomic E-state index is -0.0663. The molecule has 86 valence electrons. The Bertz CT molecular complexity index is 574. The average molecular weight is 247 g/mol. The molecular weight excluding hydrogens is 238 g/mol. The van der Waals surface area contributed by atoms with Gasteiger partial charge in [0.15, 0.2) is 10.3 Å². The van der Waals surface area contributed by atoms with E-state index in [4.69, 9.17) is 10.4 Å². The Kier molecular flexibility index (Phi) is 3.37. The first-order valence-electron chi connectivity index (χ1n) is 4.77.